The third-order valence-electron chi connectivity index (χ3n) is 7.16. The summed E-state index contributed by atoms with van der Waals surface area (Å²) in [7, 11) is 0. The molecule has 2 aromatic carbocycles. The van der Waals surface area contributed by atoms with Crippen LogP contribution >= 0.6 is 0 Å². The van der Waals surface area contributed by atoms with Gasteiger partial charge in [0.1, 0.15) is 11.9 Å². The van der Waals surface area contributed by atoms with Gasteiger partial charge in [0.05, 0.1) is 5.56 Å². The van der Waals surface area contributed by atoms with Crippen LogP contribution in [0, 0.1) is 0 Å². The lowest BCUT2D eigenvalue weighted by Gasteiger charge is -2.27. The number of benzene rings is 2. The van der Waals surface area contributed by atoms with E-state index in [4.69, 9.17) is 0 Å². The topological polar surface area (TPSA) is 94.6 Å². The first-order chi connectivity index (χ1) is 19.7. The number of fused-ring (bicyclic) bond motifs is 1. The number of alkyl halides is 3. The number of anilines is 3. The molecule has 10 heteroatoms. The second-order valence-electron chi connectivity index (χ2n) is 10.00. The molecular weight excluding hydrogens is 533 g/mol. The van der Waals surface area contributed by atoms with E-state index in [0.29, 0.717) is 33.6 Å². The molecule has 0 saturated carbocycles. The molecule has 41 heavy (non-hydrogen) atoms. The van der Waals surface area contributed by atoms with Crippen LogP contribution in [-0.4, -0.2) is 41.1 Å². The summed E-state index contributed by atoms with van der Waals surface area (Å²) in [4.78, 5) is 31.3. The first kappa shape index (κ1) is 28.1. The van der Waals surface area contributed by atoms with Gasteiger partial charge < -0.3 is 20.6 Å². The Morgan fingerprint density at radius 2 is 1.76 bits per heavy atom. The summed E-state index contributed by atoms with van der Waals surface area (Å²) in [5.41, 5.74) is 2.68. The summed E-state index contributed by atoms with van der Waals surface area (Å²) in [5.74, 6) is -0.103. The van der Waals surface area contributed by atoms with E-state index in [1.54, 1.807) is 30.5 Å². The first-order valence-corrected chi connectivity index (χ1v) is 13.4. The lowest BCUT2D eigenvalue weighted by atomic mass is 9.97. The van der Waals surface area contributed by atoms with Gasteiger partial charge in [-0.2, -0.15) is 13.2 Å². The van der Waals surface area contributed by atoms with E-state index >= 15 is 0 Å². The Morgan fingerprint density at radius 1 is 1.02 bits per heavy atom. The lowest BCUT2D eigenvalue weighted by Crippen LogP contribution is -2.34. The average Bonchev–Trinajstić information content (AvgIpc) is 2.97. The molecular formula is C31H29F3N4O3. The van der Waals surface area contributed by atoms with Crippen LogP contribution in [0.2, 0.25) is 0 Å². The minimum atomic E-state index is -4.45. The summed E-state index contributed by atoms with van der Waals surface area (Å²) >= 11 is 0. The molecule has 0 radical (unpaired) electrons. The Morgan fingerprint density at radius 3 is 2.44 bits per heavy atom. The molecule has 3 aromatic rings. The predicted octanol–water partition coefficient (Wildman–Crippen LogP) is 5.57. The second kappa shape index (κ2) is 12.0. The van der Waals surface area contributed by atoms with Gasteiger partial charge in [0.15, 0.2) is 0 Å². The number of carbonyl (C=O) groups is 2. The fourth-order valence-electron chi connectivity index (χ4n) is 5.00. The van der Waals surface area contributed by atoms with Crippen LogP contribution in [0.4, 0.5) is 30.4 Å². The molecule has 1 fully saturated rings. The van der Waals surface area contributed by atoms with Crippen LogP contribution in [0.3, 0.4) is 0 Å². The molecule has 212 valence electrons. The molecule has 0 spiro atoms. The fraction of sp³-hybridized carbons (Fsp3) is 0.258. The fourth-order valence-corrected chi connectivity index (χ4v) is 5.00. The number of aliphatic hydroxyl groups is 1. The third kappa shape index (κ3) is 6.66. The van der Waals surface area contributed by atoms with E-state index in [-0.39, 0.29) is 6.42 Å². The minimum absolute atomic E-state index is 0.0692. The molecule has 1 saturated heterocycles. The van der Waals surface area contributed by atoms with Gasteiger partial charge in [0.25, 0.3) is 5.91 Å². The maximum atomic E-state index is 13.2. The van der Waals surface area contributed by atoms with Gasteiger partial charge in [-0.15, -0.1) is 0 Å². The lowest BCUT2D eigenvalue weighted by molar-refractivity contribution is -0.137. The molecule has 3 N–H and O–H groups in total. The number of nitrogens with one attached hydrogen (secondary N) is 2. The summed E-state index contributed by atoms with van der Waals surface area (Å²) in [6.07, 6.45) is 3.99. The molecule has 5 rings (SSSR count). The zero-order valence-corrected chi connectivity index (χ0v) is 22.1. The molecule has 7 nitrogen and oxygen atoms in total. The average molecular weight is 563 g/mol. The maximum absolute atomic E-state index is 13.2. The molecule has 2 aliphatic heterocycles. The monoisotopic (exact) mass is 562 g/mol. The number of amides is 2. The number of allylic oxidation sites excluding steroid dienone is 2. The van der Waals surface area contributed by atoms with Gasteiger partial charge in [-0.1, -0.05) is 30.4 Å². The van der Waals surface area contributed by atoms with E-state index < -0.39 is 29.7 Å². The van der Waals surface area contributed by atoms with Crippen LogP contribution in [0.5, 0.6) is 0 Å². The third-order valence-corrected chi connectivity index (χ3v) is 7.16. The molecule has 1 aromatic heterocycles. The van der Waals surface area contributed by atoms with Gasteiger partial charge in [-0.05, 0) is 66.8 Å². The van der Waals surface area contributed by atoms with E-state index in [0.717, 1.165) is 43.9 Å². The van der Waals surface area contributed by atoms with Crippen LogP contribution in [0.25, 0.3) is 5.57 Å². The largest absolute Gasteiger partial charge is 0.416 e. The number of hydrogen-bond acceptors (Lipinski definition) is 5. The van der Waals surface area contributed by atoms with Crippen molar-refractivity contribution in [3.05, 3.63) is 101 Å². The van der Waals surface area contributed by atoms with Crippen molar-refractivity contribution in [2.45, 2.75) is 38.0 Å². The highest BCUT2D eigenvalue weighted by molar-refractivity contribution is 6.03. The highest BCUT2D eigenvalue weighted by Gasteiger charge is 2.30. The quantitative estimate of drug-likeness (QED) is 0.270. The first-order valence-electron chi connectivity index (χ1n) is 13.4. The molecule has 0 aliphatic carbocycles. The number of pyridine rings is 1. The van der Waals surface area contributed by atoms with Crippen molar-refractivity contribution in [2.24, 2.45) is 0 Å². The highest BCUT2D eigenvalue weighted by atomic mass is 19.4. The van der Waals surface area contributed by atoms with Crippen LogP contribution in [0.1, 0.15) is 41.5 Å². The van der Waals surface area contributed by atoms with Crippen LogP contribution < -0.4 is 15.5 Å². The zero-order chi connectivity index (χ0) is 29.0. The molecule has 3 heterocycles. The number of carbonyl (C=O) groups excluding carboxylic acids is 2. The SMILES string of the molecule is O=C(C=CC=C(c1ccc(C(F)(F)F)cc1)c1ccc(N2CCCCC2)nc1)Nc1cccc2c1CC(O)C(=O)N2. The number of halogens is 3. The molecule has 1 unspecified atom stereocenters. The number of hydrogen-bond donors (Lipinski definition) is 3. The summed E-state index contributed by atoms with van der Waals surface area (Å²) in [5, 5.41) is 15.3. The number of rotatable bonds is 6. The standard InChI is InChI=1S/C31H29F3N4O3/c32-31(33,34)22-13-10-20(11-14-22)23(21-12-15-28(35-19-21)38-16-2-1-3-17-38)6-4-9-29(40)36-25-7-5-8-26-24(25)18-27(39)30(41)37-26/h4-15,19,27,39H,1-3,16-18H2,(H,36,40)(H,37,41). The van der Waals surface area contributed by atoms with Crippen molar-refractivity contribution in [1.82, 2.24) is 4.98 Å². The van der Waals surface area contributed by atoms with E-state index in [1.807, 2.05) is 12.1 Å². The Balaban J connectivity index is 1.39. The van der Waals surface area contributed by atoms with Crippen LogP contribution in [-0.2, 0) is 22.2 Å². The van der Waals surface area contributed by atoms with Crippen molar-refractivity contribution in [3.63, 3.8) is 0 Å². The second-order valence-corrected chi connectivity index (χ2v) is 10.00. The normalized spacial score (nSPS) is 17.8. The van der Waals surface area contributed by atoms with Gasteiger partial charge in [0.2, 0.25) is 5.91 Å². The number of aliphatic hydroxyl groups excluding tert-OH is 1. The van der Waals surface area contributed by atoms with Crippen molar-refractivity contribution in [2.75, 3.05) is 28.6 Å². The molecule has 0 bridgehead atoms. The summed E-state index contributed by atoms with van der Waals surface area (Å²) in [6, 6.07) is 13.7. The van der Waals surface area contributed by atoms with E-state index in [2.05, 4.69) is 20.5 Å². The maximum Gasteiger partial charge on any atom is 0.416 e. The minimum Gasteiger partial charge on any atom is -0.383 e. The molecule has 1 atom stereocenters. The highest BCUT2D eigenvalue weighted by Crippen LogP contribution is 2.32. The Kier molecular flexibility index (Phi) is 8.21. The Hall–Kier alpha value is -4.44. The number of piperidine rings is 1. The van der Waals surface area contributed by atoms with Gasteiger partial charge in [-0.3, -0.25) is 9.59 Å². The summed E-state index contributed by atoms with van der Waals surface area (Å²) < 4.78 is 39.5. The predicted molar refractivity (Wildman–Crippen MR) is 151 cm³/mol. The van der Waals surface area contributed by atoms with Crippen molar-refractivity contribution >= 4 is 34.6 Å². The van der Waals surface area contributed by atoms with Gasteiger partial charge in [-0.25, -0.2) is 4.98 Å². The van der Waals surface area contributed by atoms with E-state index in [9.17, 15) is 27.9 Å². The van der Waals surface area contributed by atoms with Crippen molar-refractivity contribution in [3.8, 4) is 0 Å². The number of nitrogens with zero attached hydrogens (tertiary/aromatic N) is 2. The smallest absolute Gasteiger partial charge is 0.383 e. The summed E-state index contributed by atoms with van der Waals surface area (Å²) in [6.45, 7) is 1.86. The molecule has 2 aliphatic rings. The van der Waals surface area contributed by atoms with Crippen LogP contribution in [0.15, 0.2) is 79.0 Å². The van der Waals surface area contributed by atoms with Crippen molar-refractivity contribution in [1.29, 1.82) is 0 Å². The zero-order valence-electron chi connectivity index (χ0n) is 22.1. The van der Waals surface area contributed by atoms with Gasteiger partial charge >= 0.3 is 6.18 Å². The van der Waals surface area contributed by atoms with Crippen molar-refractivity contribution < 1.29 is 27.9 Å². The Bertz CT molecular complexity index is 1480. The Labute approximate surface area is 235 Å². The molecule has 2 amide bonds. The number of aromatic nitrogens is 1. The van der Waals surface area contributed by atoms with E-state index in [1.165, 1.54) is 30.7 Å². The van der Waals surface area contributed by atoms with Gasteiger partial charge in [0, 0.05) is 54.3 Å².